The van der Waals surface area contributed by atoms with E-state index in [1.807, 2.05) is 37.3 Å². The third kappa shape index (κ3) is 5.70. The summed E-state index contributed by atoms with van der Waals surface area (Å²) in [5.74, 6) is 0.725. The second-order valence-electron chi connectivity index (χ2n) is 8.79. The van der Waals surface area contributed by atoms with Gasteiger partial charge in [-0.15, -0.1) is 0 Å². The number of ether oxygens (including phenoxy) is 2. The van der Waals surface area contributed by atoms with E-state index in [-0.39, 0.29) is 24.4 Å². The van der Waals surface area contributed by atoms with E-state index in [1.165, 1.54) is 9.87 Å². The summed E-state index contributed by atoms with van der Waals surface area (Å²) in [5, 5.41) is 2.77. The SMILES string of the molecule is Cc1ccc2c(c1)OC(C(=O)NCCOc1ccc(C(C)(C)C)cc1)CN2S(C)(=O)=O. The van der Waals surface area contributed by atoms with Crippen molar-refractivity contribution < 1.29 is 22.7 Å². The average Bonchev–Trinajstić information content (AvgIpc) is 2.69. The van der Waals surface area contributed by atoms with Gasteiger partial charge in [-0.2, -0.15) is 0 Å². The summed E-state index contributed by atoms with van der Waals surface area (Å²) in [4.78, 5) is 12.6. The first-order valence-electron chi connectivity index (χ1n) is 10.2. The van der Waals surface area contributed by atoms with Gasteiger partial charge in [0.1, 0.15) is 18.1 Å². The molecule has 0 aliphatic carbocycles. The molecule has 0 aromatic heterocycles. The third-order valence-electron chi connectivity index (χ3n) is 5.07. The molecular formula is C23H30N2O5S. The summed E-state index contributed by atoms with van der Waals surface area (Å²) in [5.41, 5.74) is 2.65. The van der Waals surface area contributed by atoms with E-state index in [9.17, 15) is 13.2 Å². The molecule has 7 nitrogen and oxygen atoms in total. The molecule has 168 valence electrons. The lowest BCUT2D eigenvalue weighted by Gasteiger charge is -2.34. The van der Waals surface area contributed by atoms with Crippen molar-refractivity contribution in [1.29, 1.82) is 0 Å². The van der Waals surface area contributed by atoms with Crippen molar-refractivity contribution in [3.63, 3.8) is 0 Å². The fraction of sp³-hybridized carbons (Fsp3) is 0.435. The van der Waals surface area contributed by atoms with Crippen LogP contribution in [0.3, 0.4) is 0 Å². The van der Waals surface area contributed by atoms with Crippen molar-refractivity contribution in [2.75, 3.05) is 30.3 Å². The number of hydrogen-bond acceptors (Lipinski definition) is 5. The van der Waals surface area contributed by atoms with Crippen molar-refractivity contribution in [3.8, 4) is 11.5 Å². The monoisotopic (exact) mass is 446 g/mol. The van der Waals surface area contributed by atoms with Crippen LogP contribution in [0.1, 0.15) is 31.9 Å². The minimum atomic E-state index is -3.55. The highest BCUT2D eigenvalue weighted by Gasteiger charge is 2.34. The molecule has 1 aliphatic heterocycles. The maximum atomic E-state index is 12.6. The molecule has 0 saturated heterocycles. The van der Waals surface area contributed by atoms with E-state index in [4.69, 9.17) is 9.47 Å². The van der Waals surface area contributed by atoms with Gasteiger partial charge in [0.15, 0.2) is 6.10 Å². The second kappa shape index (κ2) is 8.78. The fourth-order valence-electron chi connectivity index (χ4n) is 3.32. The second-order valence-corrected chi connectivity index (χ2v) is 10.7. The zero-order chi connectivity index (χ0) is 22.8. The Kier molecular flexibility index (Phi) is 6.50. The highest BCUT2D eigenvalue weighted by Crippen LogP contribution is 2.35. The Morgan fingerprint density at radius 3 is 2.48 bits per heavy atom. The summed E-state index contributed by atoms with van der Waals surface area (Å²) in [6, 6.07) is 13.1. The highest BCUT2D eigenvalue weighted by atomic mass is 32.2. The predicted molar refractivity (Wildman–Crippen MR) is 121 cm³/mol. The van der Waals surface area contributed by atoms with Crippen LogP contribution in [-0.2, 0) is 20.2 Å². The van der Waals surface area contributed by atoms with Crippen LogP contribution < -0.4 is 19.1 Å². The molecule has 2 aromatic rings. The molecule has 0 spiro atoms. The minimum Gasteiger partial charge on any atom is -0.492 e. The van der Waals surface area contributed by atoms with Crippen LogP contribution in [0.2, 0.25) is 0 Å². The Hall–Kier alpha value is -2.74. The van der Waals surface area contributed by atoms with Gasteiger partial charge in [-0.3, -0.25) is 9.10 Å². The van der Waals surface area contributed by atoms with E-state index < -0.39 is 16.1 Å². The number of benzene rings is 2. The van der Waals surface area contributed by atoms with Gasteiger partial charge >= 0.3 is 0 Å². The van der Waals surface area contributed by atoms with E-state index in [1.54, 1.807) is 12.1 Å². The maximum absolute atomic E-state index is 12.6. The lowest BCUT2D eigenvalue weighted by atomic mass is 9.87. The van der Waals surface area contributed by atoms with Crippen LogP contribution in [0.5, 0.6) is 11.5 Å². The number of rotatable bonds is 6. The molecule has 1 amide bonds. The van der Waals surface area contributed by atoms with Crippen molar-refractivity contribution in [2.45, 2.75) is 39.2 Å². The van der Waals surface area contributed by atoms with Gasteiger partial charge < -0.3 is 14.8 Å². The van der Waals surface area contributed by atoms with Crippen molar-refractivity contribution in [3.05, 3.63) is 53.6 Å². The molecule has 31 heavy (non-hydrogen) atoms. The first-order valence-corrected chi connectivity index (χ1v) is 12.1. The molecule has 0 saturated carbocycles. The Labute approximate surface area is 184 Å². The Morgan fingerprint density at radius 1 is 1.19 bits per heavy atom. The number of fused-ring (bicyclic) bond motifs is 1. The van der Waals surface area contributed by atoms with E-state index in [0.29, 0.717) is 18.0 Å². The van der Waals surface area contributed by atoms with Gasteiger partial charge in [-0.05, 0) is 47.7 Å². The number of carbonyl (C=O) groups is 1. The molecule has 1 N–H and O–H groups in total. The third-order valence-corrected chi connectivity index (χ3v) is 6.21. The van der Waals surface area contributed by atoms with Crippen molar-refractivity contribution in [1.82, 2.24) is 5.32 Å². The first kappa shape index (κ1) is 22.9. The van der Waals surface area contributed by atoms with Crippen LogP contribution >= 0.6 is 0 Å². The van der Waals surface area contributed by atoms with Crippen LogP contribution in [0, 0.1) is 6.92 Å². The highest BCUT2D eigenvalue weighted by molar-refractivity contribution is 7.92. The number of hydrogen-bond donors (Lipinski definition) is 1. The number of anilines is 1. The molecule has 0 radical (unpaired) electrons. The van der Waals surface area contributed by atoms with Gasteiger partial charge in [0.2, 0.25) is 10.0 Å². The molecule has 2 aromatic carbocycles. The number of nitrogens with one attached hydrogen (secondary N) is 1. The van der Waals surface area contributed by atoms with Gasteiger partial charge in [0.05, 0.1) is 25.0 Å². The zero-order valence-corrected chi connectivity index (χ0v) is 19.5. The molecule has 1 aliphatic rings. The molecule has 1 unspecified atom stereocenters. The Bertz CT molecular complexity index is 1040. The van der Waals surface area contributed by atoms with Crippen LogP contribution in [-0.4, -0.2) is 46.4 Å². The molecule has 1 atom stereocenters. The molecule has 8 heteroatoms. The maximum Gasteiger partial charge on any atom is 0.263 e. The summed E-state index contributed by atoms with van der Waals surface area (Å²) in [6.45, 7) is 8.82. The minimum absolute atomic E-state index is 0.0729. The number of aryl methyl sites for hydroxylation is 1. The lowest BCUT2D eigenvalue weighted by molar-refractivity contribution is -0.127. The lowest BCUT2D eigenvalue weighted by Crippen LogP contribution is -2.51. The normalized spacial score (nSPS) is 16.3. The standard InChI is InChI=1S/C23H30N2O5S/c1-16-6-11-19-20(14-16)30-21(15-25(19)31(5,27)28)22(26)24-12-13-29-18-9-7-17(8-10-18)23(2,3)4/h6-11,14,21H,12-13,15H2,1-5H3,(H,24,26). The predicted octanol–water partition coefficient (Wildman–Crippen LogP) is 3.01. The first-order chi connectivity index (χ1) is 14.4. The van der Waals surface area contributed by atoms with Gasteiger partial charge in [-0.1, -0.05) is 39.0 Å². The quantitative estimate of drug-likeness (QED) is 0.690. The molecule has 0 bridgehead atoms. The molecule has 1 heterocycles. The van der Waals surface area contributed by atoms with Crippen molar-refractivity contribution >= 4 is 21.6 Å². The summed E-state index contributed by atoms with van der Waals surface area (Å²) < 4.78 is 37.2. The number of amides is 1. The van der Waals surface area contributed by atoms with Gasteiger partial charge in [-0.25, -0.2) is 8.42 Å². The fourth-order valence-corrected chi connectivity index (χ4v) is 4.23. The zero-order valence-electron chi connectivity index (χ0n) is 18.6. The largest absolute Gasteiger partial charge is 0.492 e. The van der Waals surface area contributed by atoms with E-state index in [0.717, 1.165) is 17.6 Å². The smallest absolute Gasteiger partial charge is 0.263 e. The Morgan fingerprint density at radius 2 is 1.87 bits per heavy atom. The summed E-state index contributed by atoms with van der Waals surface area (Å²) >= 11 is 0. The molecular weight excluding hydrogens is 416 g/mol. The summed E-state index contributed by atoms with van der Waals surface area (Å²) in [7, 11) is -3.55. The Balaban J connectivity index is 1.57. The average molecular weight is 447 g/mol. The van der Waals surface area contributed by atoms with E-state index in [2.05, 4.69) is 26.1 Å². The molecule has 0 fully saturated rings. The van der Waals surface area contributed by atoms with Crippen LogP contribution in [0.15, 0.2) is 42.5 Å². The number of nitrogens with zero attached hydrogens (tertiary/aromatic N) is 1. The van der Waals surface area contributed by atoms with Crippen molar-refractivity contribution in [2.24, 2.45) is 0 Å². The van der Waals surface area contributed by atoms with Crippen LogP contribution in [0.25, 0.3) is 0 Å². The topological polar surface area (TPSA) is 84.9 Å². The summed E-state index contributed by atoms with van der Waals surface area (Å²) in [6.07, 6.45) is 0.186. The van der Waals surface area contributed by atoms with Gasteiger partial charge in [0.25, 0.3) is 5.91 Å². The van der Waals surface area contributed by atoms with Gasteiger partial charge in [0, 0.05) is 0 Å². The number of sulfonamides is 1. The van der Waals surface area contributed by atoms with E-state index >= 15 is 0 Å². The van der Waals surface area contributed by atoms with Crippen LogP contribution in [0.4, 0.5) is 5.69 Å². The number of carbonyl (C=O) groups excluding carboxylic acids is 1. The molecule has 3 rings (SSSR count).